The number of aromatic nitrogens is 1. The zero-order valence-electron chi connectivity index (χ0n) is 14.7. The van der Waals surface area contributed by atoms with Gasteiger partial charge < -0.3 is 20.1 Å². The molecule has 2 aromatic heterocycles. The Morgan fingerprint density at radius 1 is 1.46 bits per heavy atom. The standard InChI is InChI=1S/C19H17FIN3O3S/c20-14-8-11(21)3-4-15(14)23-18-16(13-2-1-5-22-17(13)28-18)19(26)24-6-7-27-10-12(24)9-25/h1-5,8,12,23,25H,6-7,9-10H2. The third kappa shape index (κ3) is 3.71. The number of aliphatic hydroxyl groups is 1. The molecule has 1 atom stereocenters. The first-order valence-electron chi connectivity index (χ1n) is 8.67. The van der Waals surface area contributed by atoms with E-state index in [1.165, 1.54) is 17.4 Å². The zero-order chi connectivity index (χ0) is 19.7. The third-order valence-corrected chi connectivity index (χ3v) is 6.26. The average Bonchev–Trinajstić information content (AvgIpc) is 3.07. The van der Waals surface area contributed by atoms with Gasteiger partial charge in [-0.15, -0.1) is 0 Å². The molecule has 1 aliphatic rings. The molecule has 9 heteroatoms. The molecule has 1 fully saturated rings. The lowest BCUT2D eigenvalue weighted by Gasteiger charge is -2.34. The summed E-state index contributed by atoms with van der Waals surface area (Å²) in [6, 6.07) is 8.06. The van der Waals surface area contributed by atoms with Gasteiger partial charge >= 0.3 is 0 Å². The summed E-state index contributed by atoms with van der Waals surface area (Å²) in [5.74, 6) is -0.620. The first-order valence-corrected chi connectivity index (χ1v) is 10.6. The topological polar surface area (TPSA) is 74.7 Å². The molecule has 3 aromatic rings. The summed E-state index contributed by atoms with van der Waals surface area (Å²) in [6.07, 6.45) is 1.66. The fourth-order valence-electron chi connectivity index (χ4n) is 3.16. The molecule has 4 rings (SSSR count). The van der Waals surface area contributed by atoms with Crippen molar-refractivity contribution in [1.29, 1.82) is 0 Å². The number of benzene rings is 1. The molecule has 0 aliphatic carbocycles. The second-order valence-corrected chi connectivity index (χ2v) is 8.57. The largest absolute Gasteiger partial charge is 0.394 e. The molecule has 0 spiro atoms. The highest BCUT2D eigenvalue weighted by atomic mass is 127. The van der Waals surface area contributed by atoms with Crippen LogP contribution in [0.2, 0.25) is 0 Å². The summed E-state index contributed by atoms with van der Waals surface area (Å²) < 4.78 is 20.5. The smallest absolute Gasteiger partial charge is 0.258 e. The Labute approximate surface area is 178 Å². The minimum Gasteiger partial charge on any atom is -0.394 e. The van der Waals surface area contributed by atoms with Crippen molar-refractivity contribution in [3.05, 3.63) is 51.5 Å². The number of carbonyl (C=O) groups is 1. The van der Waals surface area contributed by atoms with Crippen LogP contribution in [0.1, 0.15) is 10.4 Å². The molecule has 6 nitrogen and oxygen atoms in total. The van der Waals surface area contributed by atoms with Crippen LogP contribution in [0.15, 0.2) is 36.5 Å². The number of nitrogens with zero attached hydrogens (tertiary/aromatic N) is 2. The van der Waals surface area contributed by atoms with Crippen molar-refractivity contribution >= 4 is 60.7 Å². The number of morpholine rings is 1. The summed E-state index contributed by atoms with van der Waals surface area (Å²) in [5.41, 5.74) is 0.730. The van der Waals surface area contributed by atoms with Crippen LogP contribution in [0, 0.1) is 9.39 Å². The number of rotatable bonds is 4. The lowest BCUT2D eigenvalue weighted by atomic mass is 10.1. The molecule has 1 amide bonds. The van der Waals surface area contributed by atoms with E-state index in [4.69, 9.17) is 4.74 Å². The molecule has 1 saturated heterocycles. The minimum absolute atomic E-state index is 0.180. The van der Waals surface area contributed by atoms with Gasteiger partial charge in [-0.1, -0.05) is 11.3 Å². The highest BCUT2D eigenvalue weighted by molar-refractivity contribution is 14.1. The molecular formula is C19H17FIN3O3S. The predicted octanol–water partition coefficient (Wildman–Crippen LogP) is 3.62. The fraction of sp³-hybridized carbons (Fsp3) is 0.263. The Hall–Kier alpha value is -1.82. The molecule has 3 heterocycles. The van der Waals surface area contributed by atoms with Crippen molar-refractivity contribution in [2.24, 2.45) is 0 Å². The van der Waals surface area contributed by atoms with Gasteiger partial charge in [0.25, 0.3) is 5.91 Å². The number of hydrogen-bond acceptors (Lipinski definition) is 6. The molecule has 146 valence electrons. The average molecular weight is 513 g/mol. The number of pyridine rings is 1. The van der Waals surface area contributed by atoms with E-state index in [1.807, 2.05) is 28.7 Å². The number of fused-ring (bicyclic) bond motifs is 1. The highest BCUT2D eigenvalue weighted by Gasteiger charge is 2.31. The molecule has 1 unspecified atom stereocenters. The van der Waals surface area contributed by atoms with Crippen LogP contribution in [0.3, 0.4) is 0 Å². The highest BCUT2D eigenvalue weighted by Crippen LogP contribution is 2.38. The number of nitrogens with one attached hydrogen (secondary N) is 1. The van der Waals surface area contributed by atoms with Crippen LogP contribution in [0.4, 0.5) is 15.1 Å². The molecule has 0 radical (unpaired) electrons. The number of aliphatic hydroxyl groups excluding tert-OH is 1. The normalized spacial score (nSPS) is 17.1. The Balaban J connectivity index is 1.78. The van der Waals surface area contributed by atoms with Gasteiger partial charge in [-0.2, -0.15) is 0 Å². The maximum Gasteiger partial charge on any atom is 0.258 e. The molecule has 1 aromatic carbocycles. The van der Waals surface area contributed by atoms with Crippen molar-refractivity contribution in [3.8, 4) is 0 Å². The quantitative estimate of drug-likeness (QED) is 0.522. The van der Waals surface area contributed by atoms with Crippen LogP contribution < -0.4 is 5.32 Å². The van der Waals surface area contributed by atoms with Crippen molar-refractivity contribution in [2.75, 3.05) is 31.7 Å². The SMILES string of the molecule is O=C(c1c(Nc2ccc(I)cc2F)sc2ncccc12)N1CCOCC1CO. The van der Waals surface area contributed by atoms with Crippen LogP contribution in [0.5, 0.6) is 0 Å². The van der Waals surface area contributed by atoms with Gasteiger partial charge in [0, 0.05) is 21.7 Å². The third-order valence-electron chi connectivity index (χ3n) is 4.56. The number of hydrogen-bond donors (Lipinski definition) is 2. The van der Waals surface area contributed by atoms with Gasteiger partial charge in [-0.25, -0.2) is 9.37 Å². The van der Waals surface area contributed by atoms with Gasteiger partial charge in [0.05, 0.1) is 37.1 Å². The summed E-state index contributed by atoms with van der Waals surface area (Å²) in [6.45, 7) is 0.910. The van der Waals surface area contributed by atoms with E-state index < -0.39 is 11.9 Å². The molecule has 2 N–H and O–H groups in total. The molecule has 0 bridgehead atoms. The van der Waals surface area contributed by atoms with Gasteiger partial charge in [-0.05, 0) is 52.9 Å². The molecular weight excluding hydrogens is 496 g/mol. The van der Waals surface area contributed by atoms with E-state index >= 15 is 0 Å². The Morgan fingerprint density at radius 2 is 2.32 bits per heavy atom. The van der Waals surface area contributed by atoms with Gasteiger partial charge in [0.1, 0.15) is 15.6 Å². The zero-order valence-corrected chi connectivity index (χ0v) is 17.7. The van der Waals surface area contributed by atoms with Gasteiger partial charge in [0.15, 0.2) is 0 Å². The lowest BCUT2D eigenvalue weighted by Crippen LogP contribution is -2.50. The first kappa shape index (κ1) is 19.5. The van der Waals surface area contributed by atoms with Crippen LogP contribution >= 0.6 is 33.9 Å². The predicted molar refractivity (Wildman–Crippen MR) is 115 cm³/mol. The van der Waals surface area contributed by atoms with E-state index in [2.05, 4.69) is 10.3 Å². The number of ether oxygens (including phenoxy) is 1. The summed E-state index contributed by atoms with van der Waals surface area (Å²) in [5, 5.41) is 13.9. The first-order chi connectivity index (χ1) is 13.6. The van der Waals surface area contributed by atoms with E-state index in [-0.39, 0.29) is 19.1 Å². The lowest BCUT2D eigenvalue weighted by molar-refractivity contribution is -0.0182. The Kier molecular flexibility index (Phi) is 5.76. The number of amides is 1. The molecule has 1 aliphatic heterocycles. The maximum atomic E-state index is 14.4. The second-order valence-electron chi connectivity index (χ2n) is 6.32. The minimum atomic E-state index is -0.407. The van der Waals surface area contributed by atoms with E-state index in [0.29, 0.717) is 39.6 Å². The van der Waals surface area contributed by atoms with Crippen molar-refractivity contribution in [3.63, 3.8) is 0 Å². The molecule has 28 heavy (non-hydrogen) atoms. The monoisotopic (exact) mass is 513 g/mol. The number of halogens is 2. The van der Waals surface area contributed by atoms with Crippen LogP contribution in [-0.4, -0.2) is 53.3 Å². The fourth-order valence-corrected chi connectivity index (χ4v) is 4.66. The summed E-state index contributed by atoms with van der Waals surface area (Å²) >= 11 is 3.35. The second kappa shape index (κ2) is 8.27. The van der Waals surface area contributed by atoms with E-state index in [1.54, 1.807) is 29.3 Å². The van der Waals surface area contributed by atoms with E-state index in [9.17, 15) is 14.3 Å². The van der Waals surface area contributed by atoms with Crippen molar-refractivity contribution in [1.82, 2.24) is 9.88 Å². The maximum absolute atomic E-state index is 14.4. The molecule has 0 saturated carbocycles. The summed E-state index contributed by atoms with van der Waals surface area (Å²) in [4.78, 5) is 20.1. The summed E-state index contributed by atoms with van der Waals surface area (Å²) in [7, 11) is 0. The van der Waals surface area contributed by atoms with Crippen LogP contribution in [0.25, 0.3) is 10.2 Å². The van der Waals surface area contributed by atoms with Crippen molar-refractivity contribution in [2.45, 2.75) is 6.04 Å². The Morgan fingerprint density at radius 3 is 3.11 bits per heavy atom. The van der Waals surface area contributed by atoms with E-state index in [0.717, 1.165) is 3.57 Å². The van der Waals surface area contributed by atoms with Gasteiger partial charge in [0.2, 0.25) is 0 Å². The van der Waals surface area contributed by atoms with Gasteiger partial charge in [-0.3, -0.25) is 4.79 Å². The Bertz CT molecular complexity index is 1030. The number of thiophene rings is 1. The van der Waals surface area contributed by atoms with Crippen molar-refractivity contribution < 1.29 is 19.0 Å². The number of carbonyl (C=O) groups excluding carboxylic acids is 1. The number of anilines is 2. The van der Waals surface area contributed by atoms with Crippen LogP contribution in [-0.2, 0) is 4.74 Å².